The zero-order valence-corrected chi connectivity index (χ0v) is 13.7. The Balaban J connectivity index is 1.97. The van der Waals surface area contributed by atoms with Crippen molar-refractivity contribution in [1.29, 1.82) is 0 Å². The largest absolute Gasteiger partial charge is 0.358 e. The van der Waals surface area contributed by atoms with Crippen molar-refractivity contribution < 1.29 is 9.66 Å². The maximum Gasteiger partial charge on any atom is 0.249 e. The van der Waals surface area contributed by atoms with Crippen molar-refractivity contribution in [2.24, 2.45) is 5.92 Å². The van der Waals surface area contributed by atoms with E-state index in [1.54, 1.807) is 6.08 Å². The van der Waals surface area contributed by atoms with E-state index in [1.165, 1.54) is 5.56 Å². The number of aryl methyl sites for hydroxylation is 1. The summed E-state index contributed by atoms with van der Waals surface area (Å²) in [6.45, 7) is 5.86. The Kier molecular flexibility index (Phi) is 4.76. The summed E-state index contributed by atoms with van der Waals surface area (Å²) in [5, 5.41) is 11.7. The molecule has 24 heavy (non-hydrogen) atoms. The molecule has 1 saturated heterocycles. The minimum absolute atomic E-state index is 0.171. The van der Waals surface area contributed by atoms with Gasteiger partial charge in [0.25, 0.3) is 0 Å². The van der Waals surface area contributed by atoms with E-state index in [4.69, 9.17) is 4.74 Å². The highest BCUT2D eigenvalue weighted by atomic mass is 16.6. The predicted octanol–water partition coefficient (Wildman–Crippen LogP) is 4.65. The molecular formula is C20H21NO3. The maximum absolute atomic E-state index is 11.7. The Morgan fingerprint density at radius 2 is 1.79 bits per heavy atom. The second-order valence-electron chi connectivity index (χ2n) is 6.28. The first-order chi connectivity index (χ1) is 11.6. The van der Waals surface area contributed by atoms with Crippen molar-refractivity contribution in [3.05, 3.63) is 94.1 Å². The average molecular weight is 323 g/mol. The molecule has 0 amide bonds. The molecule has 0 radical (unpaired) electrons. The second-order valence-corrected chi connectivity index (χ2v) is 6.28. The zero-order chi connectivity index (χ0) is 17.1. The van der Waals surface area contributed by atoms with Gasteiger partial charge in [0.15, 0.2) is 6.10 Å². The maximum atomic E-state index is 11.7. The van der Waals surface area contributed by atoms with Gasteiger partial charge in [-0.1, -0.05) is 66.2 Å². The summed E-state index contributed by atoms with van der Waals surface area (Å²) in [4.78, 5) is 11.4. The fourth-order valence-electron chi connectivity index (χ4n) is 3.34. The first kappa shape index (κ1) is 16.4. The van der Waals surface area contributed by atoms with Crippen LogP contribution in [0.2, 0.25) is 0 Å². The van der Waals surface area contributed by atoms with Crippen LogP contribution >= 0.6 is 0 Å². The third-order valence-electron chi connectivity index (χ3n) is 4.67. The molecule has 1 fully saturated rings. The van der Waals surface area contributed by atoms with E-state index < -0.39 is 12.1 Å². The molecule has 1 aliphatic rings. The molecule has 0 spiro atoms. The molecule has 2 aromatic rings. The lowest BCUT2D eigenvalue weighted by atomic mass is 9.82. The second kappa shape index (κ2) is 6.97. The lowest BCUT2D eigenvalue weighted by Crippen LogP contribution is -2.41. The van der Waals surface area contributed by atoms with Crippen molar-refractivity contribution in [3.8, 4) is 0 Å². The van der Waals surface area contributed by atoms with Crippen LogP contribution < -0.4 is 0 Å². The van der Waals surface area contributed by atoms with Gasteiger partial charge in [0.1, 0.15) is 0 Å². The fourth-order valence-corrected chi connectivity index (χ4v) is 3.34. The molecule has 4 nitrogen and oxygen atoms in total. The van der Waals surface area contributed by atoms with Gasteiger partial charge in [-0.05, 0) is 24.5 Å². The summed E-state index contributed by atoms with van der Waals surface area (Å²) in [7, 11) is 0. The van der Waals surface area contributed by atoms with Gasteiger partial charge in [-0.25, -0.2) is 0 Å². The highest BCUT2D eigenvalue weighted by Gasteiger charge is 2.46. The van der Waals surface area contributed by atoms with E-state index in [1.807, 2.05) is 61.5 Å². The third-order valence-corrected chi connectivity index (χ3v) is 4.67. The van der Waals surface area contributed by atoms with Gasteiger partial charge in [0.2, 0.25) is 6.04 Å². The Morgan fingerprint density at radius 1 is 1.12 bits per heavy atom. The SMILES string of the molecule is C=C[C@H]1C[C@@H](c2ccc(C)cc2)O[C@@H](c2ccccc2)[C@@H]1[N+](=O)[O-]. The standard InChI is InChI=1S/C20H21NO3/c1-3-15-13-18(16-11-9-14(2)10-12-16)24-20(19(15)21(22)23)17-7-5-4-6-8-17/h3-12,15,18-20H,1,13H2,2H3/t15-,18-,19+,20-/m0/s1. The number of benzene rings is 2. The minimum Gasteiger partial charge on any atom is -0.358 e. The van der Waals surface area contributed by atoms with Crippen molar-refractivity contribution in [2.45, 2.75) is 31.6 Å². The van der Waals surface area contributed by atoms with E-state index in [-0.39, 0.29) is 16.9 Å². The van der Waals surface area contributed by atoms with Crippen LogP contribution in [0.5, 0.6) is 0 Å². The minimum atomic E-state index is -0.813. The van der Waals surface area contributed by atoms with Crippen LogP contribution in [-0.4, -0.2) is 11.0 Å². The van der Waals surface area contributed by atoms with Crippen LogP contribution in [0, 0.1) is 23.0 Å². The molecule has 0 unspecified atom stereocenters. The smallest absolute Gasteiger partial charge is 0.249 e. The van der Waals surface area contributed by atoms with Gasteiger partial charge in [-0.2, -0.15) is 0 Å². The molecule has 0 bridgehead atoms. The quantitative estimate of drug-likeness (QED) is 0.468. The van der Waals surface area contributed by atoms with Crippen molar-refractivity contribution in [2.75, 3.05) is 0 Å². The number of rotatable bonds is 4. The van der Waals surface area contributed by atoms with Crippen LogP contribution in [0.3, 0.4) is 0 Å². The van der Waals surface area contributed by atoms with Crippen molar-refractivity contribution in [1.82, 2.24) is 0 Å². The fraction of sp³-hybridized carbons (Fsp3) is 0.300. The van der Waals surface area contributed by atoms with E-state index in [2.05, 4.69) is 6.58 Å². The molecule has 0 aromatic heterocycles. The average Bonchev–Trinajstić information content (AvgIpc) is 2.61. The van der Waals surface area contributed by atoms with Gasteiger partial charge >= 0.3 is 0 Å². The van der Waals surface area contributed by atoms with Crippen LogP contribution in [0.15, 0.2) is 67.3 Å². The molecule has 1 aliphatic heterocycles. The van der Waals surface area contributed by atoms with Crippen LogP contribution in [0.4, 0.5) is 0 Å². The van der Waals surface area contributed by atoms with Crippen LogP contribution in [-0.2, 0) is 4.74 Å². The Morgan fingerprint density at radius 3 is 2.38 bits per heavy atom. The van der Waals surface area contributed by atoms with E-state index in [9.17, 15) is 10.1 Å². The Bertz CT molecular complexity index is 711. The highest BCUT2D eigenvalue weighted by Crippen LogP contribution is 2.43. The summed E-state index contributed by atoms with van der Waals surface area (Å²) < 4.78 is 6.21. The van der Waals surface area contributed by atoms with Crippen molar-refractivity contribution >= 4 is 0 Å². The van der Waals surface area contributed by atoms with Crippen molar-refractivity contribution in [3.63, 3.8) is 0 Å². The summed E-state index contributed by atoms with van der Waals surface area (Å²) >= 11 is 0. The number of hydrogen-bond acceptors (Lipinski definition) is 3. The molecular weight excluding hydrogens is 302 g/mol. The molecule has 0 N–H and O–H groups in total. The number of hydrogen-bond donors (Lipinski definition) is 0. The molecule has 1 heterocycles. The topological polar surface area (TPSA) is 52.4 Å². The highest BCUT2D eigenvalue weighted by molar-refractivity contribution is 5.26. The normalized spacial score (nSPS) is 26.7. The van der Waals surface area contributed by atoms with E-state index in [0.717, 1.165) is 11.1 Å². The Labute approximate surface area is 141 Å². The first-order valence-corrected chi connectivity index (χ1v) is 8.13. The van der Waals surface area contributed by atoms with Gasteiger partial charge in [-0.15, -0.1) is 6.58 Å². The third kappa shape index (κ3) is 3.24. The number of nitrogens with zero attached hydrogens (tertiary/aromatic N) is 1. The molecule has 4 atom stereocenters. The molecule has 0 aliphatic carbocycles. The molecule has 124 valence electrons. The predicted molar refractivity (Wildman–Crippen MR) is 93.3 cm³/mol. The summed E-state index contributed by atoms with van der Waals surface area (Å²) in [6, 6.07) is 16.8. The number of nitro groups is 1. The van der Waals surface area contributed by atoms with Crippen LogP contribution in [0.1, 0.15) is 35.3 Å². The lowest BCUT2D eigenvalue weighted by Gasteiger charge is -2.36. The lowest BCUT2D eigenvalue weighted by molar-refractivity contribution is -0.551. The van der Waals surface area contributed by atoms with Gasteiger partial charge in [0, 0.05) is 4.92 Å². The van der Waals surface area contributed by atoms with Gasteiger partial charge < -0.3 is 4.74 Å². The van der Waals surface area contributed by atoms with E-state index in [0.29, 0.717) is 6.42 Å². The van der Waals surface area contributed by atoms with E-state index >= 15 is 0 Å². The monoisotopic (exact) mass is 323 g/mol. The molecule has 4 heteroatoms. The summed E-state index contributed by atoms with van der Waals surface area (Å²) in [6.07, 6.45) is 1.52. The van der Waals surface area contributed by atoms with Crippen LogP contribution in [0.25, 0.3) is 0 Å². The molecule has 0 saturated carbocycles. The van der Waals surface area contributed by atoms with Gasteiger partial charge in [-0.3, -0.25) is 10.1 Å². The zero-order valence-electron chi connectivity index (χ0n) is 13.7. The van der Waals surface area contributed by atoms with Gasteiger partial charge in [0.05, 0.1) is 12.0 Å². The summed E-state index contributed by atoms with van der Waals surface area (Å²) in [5.74, 6) is -0.231. The summed E-state index contributed by atoms with van der Waals surface area (Å²) in [5.41, 5.74) is 3.07. The molecule has 2 aromatic carbocycles. The molecule has 3 rings (SSSR count). The first-order valence-electron chi connectivity index (χ1n) is 8.13. The number of ether oxygens (including phenoxy) is 1. The Hall–Kier alpha value is -2.46.